The molecule has 0 aliphatic rings. The van der Waals surface area contributed by atoms with Crippen molar-refractivity contribution in [3.05, 3.63) is 17.7 Å². The van der Waals surface area contributed by atoms with Crippen LogP contribution < -0.4 is 0 Å². The molecule has 0 spiro atoms. The van der Waals surface area contributed by atoms with Crippen LogP contribution >= 0.6 is 0 Å². The van der Waals surface area contributed by atoms with E-state index in [1.54, 1.807) is 0 Å². The van der Waals surface area contributed by atoms with Crippen molar-refractivity contribution in [3.63, 3.8) is 0 Å². The molecule has 1 heterocycles. The minimum absolute atomic E-state index is 0.296. The van der Waals surface area contributed by atoms with Gasteiger partial charge in [-0.25, -0.2) is 4.98 Å². The molecule has 0 aliphatic heterocycles. The second-order valence-electron chi connectivity index (χ2n) is 1.97. The van der Waals surface area contributed by atoms with Gasteiger partial charge in [0.15, 0.2) is 0 Å². The standard InChI is InChI=1S/C5H3F4N3/c1-2-10-3(5(7,8)9)12-4(6)11-2/h1H3. The van der Waals surface area contributed by atoms with Crippen LogP contribution in [0.15, 0.2) is 0 Å². The predicted molar refractivity (Wildman–Crippen MR) is 29.5 cm³/mol. The van der Waals surface area contributed by atoms with Gasteiger partial charge in [0.2, 0.25) is 5.82 Å². The maximum absolute atomic E-state index is 12.2. The summed E-state index contributed by atoms with van der Waals surface area (Å²) in [6.45, 7) is 1.15. The van der Waals surface area contributed by atoms with E-state index >= 15 is 0 Å². The molecule has 0 unspecified atom stereocenters. The van der Waals surface area contributed by atoms with Gasteiger partial charge in [0, 0.05) is 0 Å². The predicted octanol–water partition coefficient (Wildman–Crippen LogP) is 1.34. The zero-order valence-corrected chi connectivity index (χ0v) is 5.85. The quantitative estimate of drug-likeness (QED) is 0.567. The molecule has 3 nitrogen and oxygen atoms in total. The van der Waals surface area contributed by atoms with Gasteiger partial charge >= 0.3 is 12.3 Å². The van der Waals surface area contributed by atoms with Crippen LogP contribution in [0.1, 0.15) is 11.6 Å². The van der Waals surface area contributed by atoms with Gasteiger partial charge in [-0.3, -0.25) is 0 Å². The Morgan fingerprint density at radius 1 is 1.08 bits per heavy atom. The van der Waals surface area contributed by atoms with E-state index in [0.29, 0.717) is 0 Å². The van der Waals surface area contributed by atoms with Crippen LogP contribution in [0.2, 0.25) is 0 Å². The molecule has 1 aromatic rings. The molecular weight excluding hydrogens is 178 g/mol. The molecule has 0 saturated heterocycles. The van der Waals surface area contributed by atoms with E-state index in [9.17, 15) is 17.6 Å². The lowest BCUT2D eigenvalue weighted by atomic mass is 10.5. The molecule has 0 N–H and O–H groups in total. The second kappa shape index (κ2) is 2.65. The summed E-state index contributed by atoms with van der Waals surface area (Å²) in [7, 11) is 0. The van der Waals surface area contributed by atoms with Crippen molar-refractivity contribution in [1.29, 1.82) is 0 Å². The number of rotatable bonds is 0. The fraction of sp³-hybridized carbons (Fsp3) is 0.400. The molecule has 1 aromatic heterocycles. The largest absolute Gasteiger partial charge is 0.451 e. The molecule has 0 atom stereocenters. The van der Waals surface area contributed by atoms with Gasteiger partial charge in [0.05, 0.1) is 0 Å². The maximum atomic E-state index is 12.2. The number of alkyl halides is 3. The Kier molecular flexibility index (Phi) is 1.95. The van der Waals surface area contributed by atoms with Crippen molar-refractivity contribution in [1.82, 2.24) is 15.0 Å². The van der Waals surface area contributed by atoms with Gasteiger partial charge in [-0.1, -0.05) is 0 Å². The van der Waals surface area contributed by atoms with Gasteiger partial charge in [-0.05, 0) is 6.92 Å². The number of aryl methyl sites for hydroxylation is 1. The minimum Gasteiger partial charge on any atom is -0.209 e. The first-order chi connectivity index (χ1) is 5.39. The topological polar surface area (TPSA) is 38.7 Å². The average Bonchev–Trinajstić information content (AvgIpc) is 1.82. The molecule has 7 heteroatoms. The molecule has 1 rings (SSSR count). The average molecular weight is 181 g/mol. The van der Waals surface area contributed by atoms with Gasteiger partial charge in [-0.2, -0.15) is 27.5 Å². The van der Waals surface area contributed by atoms with E-state index in [2.05, 4.69) is 15.0 Å². The SMILES string of the molecule is Cc1nc(F)nc(C(F)(F)F)n1. The molecule has 0 aromatic carbocycles. The summed E-state index contributed by atoms with van der Waals surface area (Å²) in [6.07, 6.45) is -6.15. The zero-order valence-electron chi connectivity index (χ0n) is 5.85. The summed E-state index contributed by atoms with van der Waals surface area (Å²) in [6, 6.07) is 0. The van der Waals surface area contributed by atoms with Gasteiger partial charge < -0.3 is 0 Å². The fourth-order valence-electron chi connectivity index (χ4n) is 0.576. The number of hydrogen-bond donors (Lipinski definition) is 0. The molecule has 0 bridgehead atoms. The van der Waals surface area contributed by atoms with E-state index in [-0.39, 0.29) is 5.82 Å². The van der Waals surface area contributed by atoms with Crippen molar-refractivity contribution < 1.29 is 17.6 Å². The first kappa shape index (κ1) is 8.82. The summed E-state index contributed by atoms with van der Waals surface area (Å²) >= 11 is 0. The van der Waals surface area contributed by atoms with Gasteiger partial charge in [0.1, 0.15) is 5.82 Å². The van der Waals surface area contributed by atoms with E-state index < -0.39 is 18.1 Å². The molecule has 0 fully saturated rings. The summed E-state index contributed by atoms with van der Waals surface area (Å²) in [5.41, 5.74) is 0. The lowest BCUT2D eigenvalue weighted by molar-refractivity contribution is -0.145. The van der Waals surface area contributed by atoms with Crippen LogP contribution in [0.25, 0.3) is 0 Å². The monoisotopic (exact) mass is 181 g/mol. The first-order valence-electron chi connectivity index (χ1n) is 2.85. The third-order valence-corrected chi connectivity index (χ3v) is 0.973. The highest BCUT2D eigenvalue weighted by Gasteiger charge is 2.35. The molecule has 0 radical (unpaired) electrons. The third kappa shape index (κ3) is 1.86. The Hall–Kier alpha value is -1.27. The van der Waals surface area contributed by atoms with E-state index in [4.69, 9.17) is 0 Å². The zero-order chi connectivity index (χ0) is 9.35. The first-order valence-corrected chi connectivity index (χ1v) is 2.85. The number of halogens is 4. The van der Waals surface area contributed by atoms with Crippen molar-refractivity contribution in [2.45, 2.75) is 13.1 Å². The summed E-state index contributed by atoms with van der Waals surface area (Å²) in [4.78, 5) is 8.37. The Labute approximate surface area is 64.5 Å². The third-order valence-electron chi connectivity index (χ3n) is 0.973. The van der Waals surface area contributed by atoms with Crippen molar-refractivity contribution in [2.75, 3.05) is 0 Å². The molecule has 0 amide bonds. The van der Waals surface area contributed by atoms with E-state index in [1.807, 2.05) is 0 Å². The highest BCUT2D eigenvalue weighted by Crippen LogP contribution is 2.25. The lowest BCUT2D eigenvalue weighted by Crippen LogP contribution is -2.14. The van der Waals surface area contributed by atoms with Gasteiger partial charge in [-0.15, -0.1) is 0 Å². The Balaban J connectivity index is 3.18. The Bertz CT molecular complexity index is 275. The van der Waals surface area contributed by atoms with Gasteiger partial charge in [0.25, 0.3) is 0 Å². The number of aromatic nitrogens is 3. The van der Waals surface area contributed by atoms with Crippen LogP contribution in [0.5, 0.6) is 0 Å². The van der Waals surface area contributed by atoms with Crippen molar-refractivity contribution >= 4 is 0 Å². The van der Waals surface area contributed by atoms with Crippen LogP contribution in [0.3, 0.4) is 0 Å². The maximum Gasteiger partial charge on any atom is 0.451 e. The van der Waals surface area contributed by atoms with Crippen molar-refractivity contribution in [3.8, 4) is 0 Å². The highest BCUT2D eigenvalue weighted by molar-refractivity contribution is 4.93. The Morgan fingerprint density at radius 3 is 2.08 bits per heavy atom. The molecule has 66 valence electrons. The summed E-state index contributed by atoms with van der Waals surface area (Å²) in [5.74, 6) is -1.80. The number of nitrogens with zero attached hydrogens (tertiary/aromatic N) is 3. The van der Waals surface area contributed by atoms with E-state index in [1.165, 1.54) is 0 Å². The fourth-order valence-corrected chi connectivity index (χ4v) is 0.576. The molecule has 0 aliphatic carbocycles. The highest BCUT2D eigenvalue weighted by atomic mass is 19.4. The van der Waals surface area contributed by atoms with Crippen LogP contribution in [-0.4, -0.2) is 15.0 Å². The van der Waals surface area contributed by atoms with Crippen molar-refractivity contribution in [2.24, 2.45) is 0 Å². The summed E-state index contributed by atoms with van der Waals surface area (Å²) in [5, 5.41) is 0. The molecule has 0 saturated carbocycles. The molecule has 12 heavy (non-hydrogen) atoms. The van der Waals surface area contributed by atoms with Crippen LogP contribution in [0.4, 0.5) is 17.6 Å². The minimum atomic E-state index is -4.73. The smallest absolute Gasteiger partial charge is 0.209 e. The summed E-state index contributed by atoms with van der Waals surface area (Å²) < 4.78 is 47.7. The van der Waals surface area contributed by atoms with E-state index in [0.717, 1.165) is 6.92 Å². The molecular formula is C5H3F4N3. The normalized spacial score (nSPS) is 11.8. The lowest BCUT2D eigenvalue weighted by Gasteiger charge is -2.03. The Morgan fingerprint density at radius 2 is 1.67 bits per heavy atom. The van der Waals surface area contributed by atoms with Crippen LogP contribution in [0, 0.1) is 13.0 Å². The second-order valence-corrected chi connectivity index (χ2v) is 1.97. The number of hydrogen-bond acceptors (Lipinski definition) is 3. The van der Waals surface area contributed by atoms with Crippen LogP contribution in [-0.2, 0) is 6.18 Å².